The summed E-state index contributed by atoms with van der Waals surface area (Å²) in [4.78, 5) is 16.7. The van der Waals surface area contributed by atoms with Gasteiger partial charge in [0.1, 0.15) is 11.5 Å². The first-order valence-corrected chi connectivity index (χ1v) is 7.79. The molecule has 0 saturated heterocycles. The summed E-state index contributed by atoms with van der Waals surface area (Å²) in [7, 11) is 0. The predicted molar refractivity (Wildman–Crippen MR) is 92.9 cm³/mol. The number of ether oxygens (including phenoxy) is 2. The molecule has 2 aromatic carbocycles. The van der Waals surface area contributed by atoms with Crippen LogP contribution in [0, 0.1) is 0 Å². The molecule has 0 aliphatic heterocycles. The molecule has 2 rings (SSSR count). The summed E-state index contributed by atoms with van der Waals surface area (Å²) in [6.07, 6.45) is 1.36. The molecule has 0 atom stereocenters. The number of oxime groups is 1. The van der Waals surface area contributed by atoms with Crippen molar-refractivity contribution >= 4 is 17.8 Å². The van der Waals surface area contributed by atoms with Gasteiger partial charge < -0.3 is 19.6 Å². The third kappa shape index (κ3) is 6.76. The zero-order valence-corrected chi connectivity index (χ0v) is 14.0. The fraction of sp³-hybridized carbons (Fsp3) is 0.222. The summed E-state index contributed by atoms with van der Waals surface area (Å²) in [5, 5.41) is 6.31. The monoisotopic (exact) mass is 364 g/mol. The van der Waals surface area contributed by atoms with Crippen LogP contribution in [0.25, 0.3) is 0 Å². The Labute approximate surface area is 149 Å². The number of anilines is 1. The topological polar surface area (TPSA) is 69.2 Å². The lowest BCUT2D eigenvalue weighted by atomic mass is 10.2. The number of halogens is 2. The Bertz CT molecular complexity index is 719. The van der Waals surface area contributed by atoms with Gasteiger partial charge >= 0.3 is 6.61 Å². The summed E-state index contributed by atoms with van der Waals surface area (Å²) in [6, 6.07) is 12.8. The van der Waals surface area contributed by atoms with Gasteiger partial charge in [0.2, 0.25) is 0 Å². The second-order valence-electron chi connectivity index (χ2n) is 4.96. The van der Waals surface area contributed by atoms with E-state index in [-0.39, 0.29) is 18.3 Å². The highest BCUT2D eigenvalue weighted by molar-refractivity contribution is 5.91. The molecular weight excluding hydrogens is 346 g/mol. The van der Waals surface area contributed by atoms with Gasteiger partial charge in [0.15, 0.2) is 6.61 Å². The summed E-state index contributed by atoms with van der Waals surface area (Å²) in [6.45, 7) is -0.679. The fourth-order valence-electron chi connectivity index (χ4n) is 1.93. The Morgan fingerprint density at radius 2 is 1.77 bits per heavy atom. The highest BCUT2D eigenvalue weighted by Crippen LogP contribution is 2.16. The van der Waals surface area contributed by atoms with Crippen LogP contribution in [-0.4, -0.2) is 31.9 Å². The van der Waals surface area contributed by atoms with E-state index in [4.69, 9.17) is 9.57 Å². The molecule has 0 spiro atoms. The second kappa shape index (κ2) is 9.97. The fourth-order valence-corrected chi connectivity index (χ4v) is 1.93. The van der Waals surface area contributed by atoms with E-state index in [1.54, 1.807) is 24.3 Å². The molecule has 0 radical (unpaired) electrons. The van der Waals surface area contributed by atoms with Crippen molar-refractivity contribution in [2.75, 3.05) is 18.5 Å². The van der Waals surface area contributed by atoms with Crippen molar-refractivity contribution in [3.8, 4) is 11.5 Å². The maximum atomic E-state index is 12.0. The molecule has 8 heteroatoms. The van der Waals surface area contributed by atoms with E-state index in [0.29, 0.717) is 17.9 Å². The van der Waals surface area contributed by atoms with Gasteiger partial charge in [-0.3, -0.25) is 4.79 Å². The number of alkyl halides is 2. The average molecular weight is 364 g/mol. The van der Waals surface area contributed by atoms with E-state index in [1.165, 1.54) is 30.5 Å². The Morgan fingerprint density at radius 3 is 2.38 bits per heavy atom. The first-order chi connectivity index (χ1) is 12.6. The maximum Gasteiger partial charge on any atom is 0.387 e. The smallest absolute Gasteiger partial charge is 0.387 e. The largest absolute Gasteiger partial charge is 0.494 e. The number of rotatable bonds is 9. The van der Waals surface area contributed by atoms with Gasteiger partial charge in [0.25, 0.3) is 5.91 Å². The minimum absolute atomic E-state index is 0.0489. The summed E-state index contributed by atoms with van der Waals surface area (Å²) in [5.74, 6) is 0.399. The zero-order chi connectivity index (χ0) is 18.8. The Kier molecular flexibility index (Phi) is 7.35. The van der Waals surface area contributed by atoms with Gasteiger partial charge in [0.05, 0.1) is 12.8 Å². The average Bonchev–Trinajstić information content (AvgIpc) is 2.61. The SMILES string of the molecule is CCOc1ccc(NC(=O)CO/N=C\c2ccc(OC(F)F)cc2)cc1. The van der Waals surface area contributed by atoms with E-state index in [1.807, 2.05) is 6.92 Å². The Balaban J connectivity index is 1.74. The van der Waals surface area contributed by atoms with Crippen molar-refractivity contribution in [1.82, 2.24) is 0 Å². The van der Waals surface area contributed by atoms with E-state index in [2.05, 4.69) is 15.2 Å². The van der Waals surface area contributed by atoms with E-state index in [9.17, 15) is 13.6 Å². The number of carbonyl (C=O) groups is 1. The molecule has 1 N–H and O–H groups in total. The van der Waals surface area contributed by atoms with Gasteiger partial charge in [-0.05, 0) is 61.0 Å². The van der Waals surface area contributed by atoms with Crippen LogP contribution < -0.4 is 14.8 Å². The predicted octanol–water partition coefficient (Wildman–Crippen LogP) is 3.68. The van der Waals surface area contributed by atoms with Crippen molar-refractivity contribution < 1.29 is 27.9 Å². The number of hydrogen-bond acceptors (Lipinski definition) is 5. The molecule has 0 bridgehead atoms. The molecule has 0 saturated carbocycles. The van der Waals surface area contributed by atoms with Gasteiger partial charge in [0, 0.05) is 5.69 Å². The standard InChI is InChI=1S/C18H18F2N2O4/c1-2-24-15-9-5-14(6-10-15)22-17(23)12-25-21-11-13-3-7-16(8-4-13)26-18(19)20/h3-11,18H,2,12H2,1H3,(H,22,23)/b21-11-. The maximum absolute atomic E-state index is 12.0. The van der Waals surface area contributed by atoms with Crippen LogP contribution in [0.5, 0.6) is 11.5 Å². The first kappa shape index (κ1) is 19.2. The second-order valence-corrected chi connectivity index (χ2v) is 4.96. The van der Waals surface area contributed by atoms with Gasteiger partial charge in [-0.2, -0.15) is 8.78 Å². The quantitative estimate of drug-likeness (QED) is 0.544. The number of benzene rings is 2. The van der Waals surface area contributed by atoms with Gasteiger partial charge in [-0.15, -0.1) is 0 Å². The minimum Gasteiger partial charge on any atom is -0.494 e. The number of hydrogen-bond donors (Lipinski definition) is 1. The van der Waals surface area contributed by atoms with Gasteiger partial charge in [-0.25, -0.2) is 0 Å². The number of nitrogens with one attached hydrogen (secondary N) is 1. The summed E-state index contributed by atoms with van der Waals surface area (Å²) < 4.78 is 33.6. The molecule has 0 fully saturated rings. The summed E-state index contributed by atoms with van der Waals surface area (Å²) >= 11 is 0. The lowest BCUT2D eigenvalue weighted by Crippen LogP contribution is -2.16. The number of amides is 1. The van der Waals surface area contributed by atoms with Crippen molar-refractivity contribution in [2.45, 2.75) is 13.5 Å². The van der Waals surface area contributed by atoms with Crippen LogP contribution in [0.1, 0.15) is 12.5 Å². The van der Waals surface area contributed by atoms with Crippen molar-refractivity contribution in [3.63, 3.8) is 0 Å². The Morgan fingerprint density at radius 1 is 1.12 bits per heavy atom. The highest BCUT2D eigenvalue weighted by Gasteiger charge is 2.04. The van der Waals surface area contributed by atoms with Crippen molar-refractivity contribution in [1.29, 1.82) is 0 Å². The van der Waals surface area contributed by atoms with Gasteiger partial charge in [-0.1, -0.05) is 5.16 Å². The normalized spacial score (nSPS) is 10.8. The van der Waals surface area contributed by atoms with Crippen LogP contribution >= 0.6 is 0 Å². The molecule has 1 amide bonds. The zero-order valence-electron chi connectivity index (χ0n) is 14.0. The van der Waals surface area contributed by atoms with E-state index < -0.39 is 6.61 Å². The molecule has 0 heterocycles. The molecule has 138 valence electrons. The van der Waals surface area contributed by atoms with Crippen LogP contribution in [0.15, 0.2) is 53.7 Å². The van der Waals surface area contributed by atoms with E-state index in [0.717, 1.165) is 5.75 Å². The Hall–Kier alpha value is -3.16. The van der Waals surface area contributed by atoms with Crippen LogP contribution in [-0.2, 0) is 9.63 Å². The number of nitrogens with zero attached hydrogens (tertiary/aromatic N) is 1. The van der Waals surface area contributed by atoms with Crippen LogP contribution in [0.2, 0.25) is 0 Å². The van der Waals surface area contributed by atoms with E-state index >= 15 is 0 Å². The van der Waals surface area contributed by atoms with Crippen molar-refractivity contribution in [2.24, 2.45) is 5.16 Å². The molecule has 2 aromatic rings. The molecule has 26 heavy (non-hydrogen) atoms. The number of carbonyl (C=O) groups excluding carboxylic acids is 1. The van der Waals surface area contributed by atoms with Crippen molar-refractivity contribution in [3.05, 3.63) is 54.1 Å². The first-order valence-electron chi connectivity index (χ1n) is 7.79. The minimum atomic E-state index is -2.87. The van der Waals surface area contributed by atoms with Crippen LogP contribution in [0.4, 0.5) is 14.5 Å². The molecule has 0 unspecified atom stereocenters. The molecule has 0 aliphatic rings. The third-order valence-corrected chi connectivity index (χ3v) is 3.03. The molecular formula is C18H18F2N2O4. The van der Waals surface area contributed by atoms with Crippen LogP contribution in [0.3, 0.4) is 0 Å². The highest BCUT2D eigenvalue weighted by atomic mass is 19.3. The molecule has 0 aliphatic carbocycles. The lowest BCUT2D eigenvalue weighted by molar-refractivity contribution is -0.120. The summed E-state index contributed by atoms with van der Waals surface area (Å²) in [5.41, 5.74) is 1.22. The lowest BCUT2D eigenvalue weighted by Gasteiger charge is -2.06. The molecule has 6 nitrogen and oxygen atoms in total. The molecule has 0 aromatic heterocycles. The third-order valence-electron chi connectivity index (χ3n) is 3.03.